The van der Waals surface area contributed by atoms with E-state index in [-0.39, 0.29) is 10.5 Å². The summed E-state index contributed by atoms with van der Waals surface area (Å²) in [6.45, 7) is 3.18. The molecule has 2 heterocycles. The van der Waals surface area contributed by atoms with Crippen LogP contribution in [-0.2, 0) is 16.4 Å². The van der Waals surface area contributed by atoms with Crippen LogP contribution >= 0.6 is 0 Å². The Hall–Kier alpha value is -3.36. The first-order valence-electron chi connectivity index (χ1n) is 9.60. The Labute approximate surface area is 179 Å². The van der Waals surface area contributed by atoms with Crippen molar-refractivity contribution in [3.05, 3.63) is 59.7 Å². The highest BCUT2D eigenvalue weighted by Crippen LogP contribution is 2.24. The molecule has 2 aromatic carbocycles. The zero-order valence-corrected chi connectivity index (χ0v) is 17.6. The van der Waals surface area contributed by atoms with Crippen molar-refractivity contribution in [2.75, 3.05) is 37.3 Å². The van der Waals surface area contributed by atoms with Gasteiger partial charge in [-0.1, -0.05) is 6.07 Å². The number of benzene rings is 2. The van der Waals surface area contributed by atoms with Gasteiger partial charge in [-0.25, -0.2) is 12.8 Å². The number of sulfone groups is 1. The highest BCUT2D eigenvalue weighted by molar-refractivity contribution is 7.90. The van der Waals surface area contributed by atoms with Crippen molar-refractivity contribution in [2.45, 2.75) is 11.4 Å². The summed E-state index contributed by atoms with van der Waals surface area (Å²) in [5.41, 5.74) is 1.35. The third kappa shape index (κ3) is 4.40. The molecule has 1 saturated heterocycles. The minimum absolute atomic E-state index is 0.0671. The fourth-order valence-corrected chi connectivity index (χ4v) is 4.20. The molecule has 0 spiro atoms. The van der Waals surface area contributed by atoms with E-state index in [0.29, 0.717) is 49.9 Å². The Morgan fingerprint density at radius 1 is 1.10 bits per heavy atom. The van der Waals surface area contributed by atoms with E-state index in [4.69, 9.17) is 0 Å². The van der Waals surface area contributed by atoms with E-state index in [1.807, 2.05) is 11.0 Å². The number of aromatic nitrogens is 4. The average molecular weight is 441 g/mol. The number of nitriles is 1. The van der Waals surface area contributed by atoms with Crippen molar-refractivity contribution in [1.29, 1.82) is 5.26 Å². The summed E-state index contributed by atoms with van der Waals surface area (Å²) >= 11 is 0. The molecule has 0 aliphatic carbocycles. The summed E-state index contributed by atoms with van der Waals surface area (Å²) in [7, 11) is -3.27. The van der Waals surface area contributed by atoms with Crippen molar-refractivity contribution in [3.8, 4) is 11.8 Å². The van der Waals surface area contributed by atoms with Gasteiger partial charge in [0.05, 0.1) is 22.8 Å². The summed E-state index contributed by atoms with van der Waals surface area (Å²) < 4.78 is 38.8. The number of piperazine rings is 1. The third-order valence-electron chi connectivity index (χ3n) is 5.22. The van der Waals surface area contributed by atoms with Gasteiger partial charge >= 0.3 is 0 Å². The van der Waals surface area contributed by atoms with E-state index in [2.05, 4.69) is 20.4 Å². The van der Waals surface area contributed by atoms with Gasteiger partial charge in [0.1, 0.15) is 17.4 Å². The van der Waals surface area contributed by atoms with Gasteiger partial charge in [0.2, 0.25) is 0 Å². The summed E-state index contributed by atoms with van der Waals surface area (Å²) in [5, 5.41) is 21.2. The smallest absolute Gasteiger partial charge is 0.175 e. The van der Waals surface area contributed by atoms with Crippen LogP contribution in [0.25, 0.3) is 5.69 Å². The zero-order chi connectivity index (χ0) is 22.0. The van der Waals surface area contributed by atoms with Crippen molar-refractivity contribution in [3.63, 3.8) is 0 Å². The van der Waals surface area contributed by atoms with Crippen LogP contribution in [0.4, 0.5) is 10.1 Å². The lowest BCUT2D eigenvalue weighted by atomic mass is 10.1. The third-order valence-corrected chi connectivity index (χ3v) is 6.35. The van der Waals surface area contributed by atoms with Crippen LogP contribution < -0.4 is 4.90 Å². The standard InChI is InChI=1S/C20H20FN7O2S/c1-31(29,30)16-7-5-15(6-8-16)28-20(23-24-25-28)14-26-9-11-27(12-10-26)19-4-2-3-18(21)17(19)13-22/h2-8H,9-12,14H2,1H3. The fraction of sp³-hybridized carbons (Fsp3) is 0.300. The fourth-order valence-electron chi connectivity index (χ4n) is 3.57. The van der Waals surface area contributed by atoms with E-state index in [1.165, 1.54) is 18.2 Å². The molecule has 11 heteroatoms. The lowest BCUT2D eigenvalue weighted by Gasteiger charge is -2.36. The largest absolute Gasteiger partial charge is 0.368 e. The van der Waals surface area contributed by atoms with E-state index in [9.17, 15) is 18.1 Å². The van der Waals surface area contributed by atoms with E-state index >= 15 is 0 Å². The molecule has 1 aliphatic rings. The molecule has 31 heavy (non-hydrogen) atoms. The molecule has 0 saturated carbocycles. The molecule has 1 aliphatic heterocycles. The summed E-state index contributed by atoms with van der Waals surface area (Å²) in [4.78, 5) is 4.41. The van der Waals surface area contributed by atoms with Crippen LogP contribution in [0.5, 0.6) is 0 Å². The Balaban J connectivity index is 1.44. The maximum Gasteiger partial charge on any atom is 0.175 e. The molecular formula is C20H20FN7O2S. The molecule has 3 aromatic rings. The van der Waals surface area contributed by atoms with Gasteiger partial charge in [0.25, 0.3) is 0 Å². The quantitative estimate of drug-likeness (QED) is 0.585. The SMILES string of the molecule is CS(=O)(=O)c1ccc(-n2nnnc2CN2CCN(c3cccc(F)c3C#N)CC2)cc1. The van der Waals surface area contributed by atoms with Crippen LogP contribution in [0, 0.1) is 17.1 Å². The predicted octanol–water partition coefficient (Wildman–Crippen LogP) is 1.40. The molecule has 0 atom stereocenters. The first kappa shape index (κ1) is 20.9. The first-order chi connectivity index (χ1) is 14.9. The van der Waals surface area contributed by atoms with Gasteiger partial charge in [-0.05, 0) is 46.8 Å². The monoisotopic (exact) mass is 441 g/mol. The van der Waals surface area contributed by atoms with Crippen LogP contribution in [0.15, 0.2) is 47.4 Å². The van der Waals surface area contributed by atoms with E-state index < -0.39 is 15.7 Å². The maximum absolute atomic E-state index is 13.9. The molecule has 0 bridgehead atoms. The minimum atomic E-state index is -3.27. The number of nitrogens with zero attached hydrogens (tertiary/aromatic N) is 7. The van der Waals surface area contributed by atoms with E-state index in [0.717, 1.165) is 6.26 Å². The molecular weight excluding hydrogens is 421 g/mol. The number of hydrogen-bond acceptors (Lipinski definition) is 8. The normalized spacial score (nSPS) is 15.1. The van der Waals surface area contributed by atoms with Crippen LogP contribution in [0.1, 0.15) is 11.4 Å². The van der Waals surface area contributed by atoms with Gasteiger partial charge in [-0.2, -0.15) is 9.94 Å². The summed E-state index contributed by atoms with van der Waals surface area (Å²) in [6, 6.07) is 13.0. The second kappa shape index (κ2) is 8.41. The lowest BCUT2D eigenvalue weighted by molar-refractivity contribution is 0.242. The van der Waals surface area contributed by atoms with Crippen molar-refractivity contribution in [2.24, 2.45) is 0 Å². The number of halogens is 1. The molecule has 4 rings (SSSR count). The molecule has 1 aromatic heterocycles. The Morgan fingerprint density at radius 3 is 2.45 bits per heavy atom. The molecule has 0 radical (unpaired) electrons. The van der Waals surface area contributed by atoms with Gasteiger partial charge in [-0.3, -0.25) is 4.90 Å². The Bertz CT molecular complexity index is 1230. The summed E-state index contributed by atoms with van der Waals surface area (Å²) in [5.74, 6) is 0.118. The van der Waals surface area contributed by atoms with Crippen molar-refractivity contribution >= 4 is 15.5 Å². The Kier molecular flexibility index (Phi) is 5.67. The summed E-state index contributed by atoms with van der Waals surface area (Å²) in [6.07, 6.45) is 1.16. The molecule has 0 amide bonds. The number of hydrogen-bond donors (Lipinski definition) is 0. The van der Waals surface area contributed by atoms with Crippen LogP contribution in [0.3, 0.4) is 0 Å². The molecule has 160 valence electrons. The van der Waals surface area contributed by atoms with Gasteiger partial charge in [-0.15, -0.1) is 5.10 Å². The van der Waals surface area contributed by atoms with Gasteiger partial charge in [0.15, 0.2) is 15.7 Å². The highest BCUT2D eigenvalue weighted by atomic mass is 32.2. The van der Waals surface area contributed by atoms with Crippen molar-refractivity contribution < 1.29 is 12.8 Å². The van der Waals surface area contributed by atoms with Gasteiger partial charge in [0, 0.05) is 32.4 Å². The Morgan fingerprint density at radius 2 is 1.81 bits per heavy atom. The predicted molar refractivity (Wildman–Crippen MR) is 111 cm³/mol. The topological polar surface area (TPSA) is 108 Å². The maximum atomic E-state index is 13.9. The number of anilines is 1. The minimum Gasteiger partial charge on any atom is -0.368 e. The van der Waals surface area contributed by atoms with Crippen LogP contribution in [-0.4, -0.2) is 66.0 Å². The molecule has 0 N–H and O–H groups in total. The van der Waals surface area contributed by atoms with Gasteiger partial charge < -0.3 is 4.90 Å². The van der Waals surface area contributed by atoms with Crippen molar-refractivity contribution in [1.82, 2.24) is 25.1 Å². The second-order valence-corrected chi connectivity index (χ2v) is 9.30. The molecule has 1 fully saturated rings. The second-order valence-electron chi connectivity index (χ2n) is 7.28. The molecule has 0 unspecified atom stereocenters. The van der Waals surface area contributed by atoms with E-state index in [1.54, 1.807) is 28.9 Å². The lowest BCUT2D eigenvalue weighted by Crippen LogP contribution is -2.46. The zero-order valence-electron chi connectivity index (χ0n) is 16.8. The highest BCUT2D eigenvalue weighted by Gasteiger charge is 2.22. The van der Waals surface area contributed by atoms with Crippen LogP contribution in [0.2, 0.25) is 0 Å². The first-order valence-corrected chi connectivity index (χ1v) is 11.5. The number of tetrazole rings is 1. The average Bonchev–Trinajstić information content (AvgIpc) is 3.22. The molecule has 9 nitrogen and oxygen atoms in total. The number of rotatable bonds is 5.